The largest absolute Gasteiger partial charge is 0.301 e. The number of hydrogen-bond acceptors (Lipinski definition) is 9. The third-order valence-electron chi connectivity index (χ3n) is 21.1. The number of nitrogens with zero attached hydrogens (tertiary/aromatic N) is 9. The molecule has 22 rings (SSSR count). The zero-order chi connectivity index (χ0) is 74.0. The van der Waals surface area contributed by atoms with Crippen LogP contribution in [0.15, 0.2) is 382 Å². The molecule has 0 atom stereocenters. The van der Waals surface area contributed by atoms with E-state index in [4.69, 9.17) is 34.9 Å². The molecule has 0 bridgehead atoms. The third kappa shape index (κ3) is 11.7. The van der Waals surface area contributed by atoms with Gasteiger partial charge in [0.1, 0.15) is 9.66 Å². The van der Waals surface area contributed by atoms with Crippen LogP contribution in [-0.2, 0) is 0 Å². The molecule has 8 aromatic heterocycles. The summed E-state index contributed by atoms with van der Waals surface area (Å²) in [6.45, 7) is 0. The van der Waals surface area contributed by atoms with E-state index in [1.54, 1.807) is 0 Å². The lowest BCUT2D eigenvalue weighted by Gasteiger charge is -2.12. The van der Waals surface area contributed by atoms with Crippen molar-refractivity contribution in [2.24, 2.45) is 0 Å². The number of thiophene rings is 2. The molecular weight excluding hydrogens is 1400 g/mol. The zero-order valence-electron chi connectivity index (χ0n) is 60.2. The summed E-state index contributed by atoms with van der Waals surface area (Å²) in [5.41, 5.74) is 22.9. The Morgan fingerprint density at radius 3 is 1.04 bits per heavy atom. The van der Waals surface area contributed by atoms with Crippen molar-refractivity contribution in [3.05, 3.63) is 382 Å². The van der Waals surface area contributed by atoms with E-state index in [9.17, 15) is 0 Å². The first-order valence-corrected chi connectivity index (χ1v) is 39.1. The van der Waals surface area contributed by atoms with Crippen LogP contribution in [-0.4, -0.2) is 44.0 Å². The minimum Gasteiger partial charge on any atom is -0.301 e. The minimum absolute atomic E-state index is 0.635. The molecule has 0 N–H and O–H groups in total. The number of benzene rings is 14. The Kier molecular flexibility index (Phi) is 16.4. The van der Waals surface area contributed by atoms with Crippen molar-refractivity contribution in [1.82, 2.24) is 44.0 Å². The summed E-state index contributed by atoms with van der Waals surface area (Å²) < 4.78 is 7.22. The lowest BCUT2D eigenvalue weighted by molar-refractivity contribution is 1.07. The highest BCUT2D eigenvalue weighted by molar-refractivity contribution is 7.27. The SMILES string of the molecule is c1ccc(-c2cc(-c3ccc(-c4cccc5c4nc(-c4ccccc4)c4sc6c(c7ccccc7n6-c6ccccc6)c45)cc3)nc(-c3ccccc3)n2)cc1.c1ccc(-c2nc(-c3ccccc3)nc(-c3ccc(-c4ccc5c(c4)nc(-c4ccccc4)c4sc6c(c7ccccc7n6-c6ccccc6)c45)cc3)n2)cc1. The Bertz CT molecular complexity index is 7190. The van der Waals surface area contributed by atoms with Gasteiger partial charge in [0.05, 0.1) is 54.2 Å². The molecule has 11 heteroatoms. The van der Waals surface area contributed by atoms with Crippen molar-refractivity contribution in [2.75, 3.05) is 0 Å². The van der Waals surface area contributed by atoms with Gasteiger partial charge in [-0.3, -0.25) is 0 Å². The van der Waals surface area contributed by atoms with E-state index in [1.165, 1.54) is 62.4 Å². The normalized spacial score (nSPS) is 11.6. The molecule has 9 nitrogen and oxygen atoms in total. The van der Waals surface area contributed by atoms with Crippen LogP contribution in [0.2, 0.25) is 0 Å². The highest BCUT2D eigenvalue weighted by Crippen LogP contribution is 2.51. The Balaban J connectivity index is 0.000000141. The van der Waals surface area contributed by atoms with Crippen LogP contribution in [0.3, 0.4) is 0 Å². The Morgan fingerprint density at radius 1 is 0.214 bits per heavy atom. The van der Waals surface area contributed by atoms with Crippen molar-refractivity contribution in [2.45, 2.75) is 0 Å². The van der Waals surface area contributed by atoms with Crippen molar-refractivity contribution >= 4 is 107 Å². The Labute approximate surface area is 652 Å². The van der Waals surface area contributed by atoms with Crippen LogP contribution in [0.5, 0.6) is 0 Å². The van der Waals surface area contributed by atoms with E-state index in [-0.39, 0.29) is 0 Å². The van der Waals surface area contributed by atoms with E-state index in [2.05, 4.69) is 294 Å². The van der Waals surface area contributed by atoms with Gasteiger partial charge in [0.25, 0.3) is 0 Å². The first-order chi connectivity index (χ1) is 55.5. The van der Waals surface area contributed by atoms with Gasteiger partial charge in [-0.15, -0.1) is 22.7 Å². The summed E-state index contributed by atoms with van der Waals surface area (Å²) in [7, 11) is 0. The molecule has 0 aliphatic heterocycles. The van der Waals surface area contributed by atoms with Crippen LogP contribution in [0.1, 0.15) is 0 Å². The fourth-order valence-corrected chi connectivity index (χ4v) is 18.6. The van der Waals surface area contributed by atoms with Gasteiger partial charge in [0, 0.05) is 105 Å². The summed E-state index contributed by atoms with van der Waals surface area (Å²) >= 11 is 3.66. The fraction of sp³-hybridized carbons (Fsp3) is 0. The highest BCUT2D eigenvalue weighted by Gasteiger charge is 2.27. The molecule has 8 heterocycles. The van der Waals surface area contributed by atoms with Crippen LogP contribution in [0, 0.1) is 0 Å². The van der Waals surface area contributed by atoms with Gasteiger partial charge in [-0.25, -0.2) is 34.9 Å². The predicted molar refractivity (Wildman–Crippen MR) is 466 cm³/mol. The number of pyridine rings is 2. The van der Waals surface area contributed by atoms with Gasteiger partial charge in [-0.05, 0) is 65.2 Å². The topological polar surface area (TPSA) is 100 Å². The second kappa shape index (κ2) is 27.9. The summed E-state index contributed by atoms with van der Waals surface area (Å²) in [6.07, 6.45) is 0. The molecule has 0 spiro atoms. The molecule has 0 fully saturated rings. The second-order valence-corrected chi connectivity index (χ2v) is 29.8. The molecule has 112 heavy (non-hydrogen) atoms. The molecule has 22 aromatic rings. The molecule has 0 radical (unpaired) electrons. The number of para-hydroxylation sites is 5. The van der Waals surface area contributed by atoms with Crippen molar-refractivity contribution in [1.29, 1.82) is 0 Å². The molecular formula is C101H63N9S2. The van der Waals surface area contributed by atoms with Crippen LogP contribution in [0.4, 0.5) is 0 Å². The molecule has 0 aliphatic rings. The molecule has 0 saturated heterocycles. The van der Waals surface area contributed by atoms with Crippen molar-refractivity contribution < 1.29 is 0 Å². The predicted octanol–water partition coefficient (Wildman–Crippen LogP) is 26.7. The van der Waals surface area contributed by atoms with Crippen molar-refractivity contribution in [3.8, 4) is 124 Å². The summed E-state index contributed by atoms with van der Waals surface area (Å²) in [6, 6.07) is 133. The standard InChI is InChI=1S/C51H32N4S.C50H31N5S/c1-5-16-34(17-6-1)42-32-43(53-50(52-42)37-20-9-3-10-21-37)35-30-28-33(29-31-35)39-25-15-26-41-45-46-40-24-13-14-27-44(40)55(38-22-11-4-12-23-38)51(46)56-49(45)47(54-48(39)41)36-18-7-2-8-19-36;1-5-15-33(16-6-1)45-46-43(44-40-23-13-14-24-42(40)55(50(44)56-46)38-21-11-4-12-22-38)39-30-29-37(31-41(39)51-45)32-25-27-36(28-26-32)49-53-47(34-17-7-2-8-18-34)52-48(54-49)35-19-9-3-10-20-35/h1-32H;1-31H. The lowest BCUT2D eigenvalue weighted by Crippen LogP contribution is -2.00. The van der Waals surface area contributed by atoms with Gasteiger partial charge in [0.2, 0.25) is 0 Å². The first kappa shape index (κ1) is 65.8. The van der Waals surface area contributed by atoms with E-state index in [1.807, 2.05) is 120 Å². The summed E-state index contributed by atoms with van der Waals surface area (Å²) in [4.78, 5) is 38.3. The number of hydrogen-bond donors (Lipinski definition) is 0. The minimum atomic E-state index is 0.635. The maximum absolute atomic E-state index is 5.56. The van der Waals surface area contributed by atoms with Gasteiger partial charge in [-0.2, -0.15) is 0 Å². The van der Waals surface area contributed by atoms with E-state index >= 15 is 0 Å². The molecule has 0 unspecified atom stereocenters. The molecule has 0 amide bonds. The van der Waals surface area contributed by atoms with Gasteiger partial charge in [-0.1, -0.05) is 334 Å². The number of rotatable bonds is 12. The number of aromatic nitrogens is 9. The van der Waals surface area contributed by atoms with E-state index < -0.39 is 0 Å². The highest BCUT2D eigenvalue weighted by atomic mass is 32.1. The monoisotopic (exact) mass is 1470 g/mol. The van der Waals surface area contributed by atoms with Crippen LogP contribution >= 0.6 is 22.7 Å². The van der Waals surface area contributed by atoms with Gasteiger partial charge >= 0.3 is 0 Å². The van der Waals surface area contributed by atoms with E-state index in [0.29, 0.717) is 23.3 Å². The average molecular weight is 1470 g/mol. The van der Waals surface area contributed by atoms with E-state index in [0.717, 1.165) is 123 Å². The molecule has 0 saturated carbocycles. The smallest absolute Gasteiger partial charge is 0.164 e. The van der Waals surface area contributed by atoms with Crippen LogP contribution < -0.4 is 0 Å². The molecule has 0 aliphatic carbocycles. The Hall–Kier alpha value is -14.5. The maximum Gasteiger partial charge on any atom is 0.164 e. The average Bonchev–Trinajstić information content (AvgIpc) is 1.54. The van der Waals surface area contributed by atoms with Crippen molar-refractivity contribution in [3.63, 3.8) is 0 Å². The number of fused-ring (bicyclic) bond motifs is 14. The van der Waals surface area contributed by atoms with Crippen LogP contribution in [0.25, 0.3) is 208 Å². The summed E-state index contributed by atoms with van der Waals surface area (Å²) in [5.74, 6) is 2.64. The molecule has 524 valence electrons. The summed E-state index contributed by atoms with van der Waals surface area (Å²) in [5, 5.41) is 9.83. The Morgan fingerprint density at radius 2 is 0.562 bits per heavy atom. The quantitative estimate of drug-likeness (QED) is 0.120. The fourth-order valence-electron chi connectivity index (χ4n) is 15.8. The van der Waals surface area contributed by atoms with Gasteiger partial charge in [0.15, 0.2) is 23.3 Å². The molecule has 14 aromatic carbocycles. The lowest BCUT2D eigenvalue weighted by atomic mass is 9.96. The van der Waals surface area contributed by atoms with Gasteiger partial charge < -0.3 is 9.13 Å². The maximum atomic E-state index is 5.56. The first-order valence-electron chi connectivity index (χ1n) is 37.4. The zero-order valence-corrected chi connectivity index (χ0v) is 61.8. The third-order valence-corrected chi connectivity index (χ3v) is 23.5. The second-order valence-electron chi connectivity index (χ2n) is 27.8.